The molecule has 0 saturated carbocycles. The van der Waals surface area contributed by atoms with E-state index in [9.17, 15) is 4.79 Å². The van der Waals surface area contributed by atoms with Gasteiger partial charge in [0, 0.05) is 32.4 Å². The first-order valence-corrected chi connectivity index (χ1v) is 11.7. The smallest absolute Gasteiger partial charge is 0.410 e. The van der Waals surface area contributed by atoms with Crippen molar-refractivity contribution in [1.29, 1.82) is 0 Å². The van der Waals surface area contributed by atoms with Crippen LogP contribution in [0.4, 0.5) is 9.18 Å². The lowest BCUT2D eigenvalue weighted by atomic mass is 9.92. The number of morpholine rings is 1. The molecule has 1 saturated heterocycles. The van der Waals surface area contributed by atoms with Gasteiger partial charge < -0.3 is 23.8 Å². The van der Waals surface area contributed by atoms with Crippen LogP contribution in [0.1, 0.15) is 44.4 Å². The summed E-state index contributed by atoms with van der Waals surface area (Å²) in [6.07, 6.45) is -0.760. The molecule has 2 atom stereocenters. The van der Waals surface area contributed by atoms with E-state index in [1.807, 2.05) is 58.0 Å². The summed E-state index contributed by atoms with van der Waals surface area (Å²) in [6.45, 7) is 9.51. The van der Waals surface area contributed by atoms with Crippen molar-refractivity contribution in [2.75, 3.05) is 40.0 Å². The van der Waals surface area contributed by atoms with Crippen LogP contribution in [0.2, 0.25) is 0 Å². The topological polar surface area (TPSA) is 57.2 Å². The minimum Gasteiger partial charge on any atom is -0.444 e. The lowest BCUT2D eigenvalue weighted by Crippen LogP contribution is -2.49. The molecule has 7 heteroatoms. The number of aryl methyl sites for hydroxylation is 1. The Balaban J connectivity index is 1.94. The summed E-state index contributed by atoms with van der Waals surface area (Å²) in [5, 5.41) is 0. The molecule has 2 unspecified atom stereocenters. The molecular weight excluding hydrogens is 437 g/mol. The number of carbonyl (C=O) groups excluding carboxylic acids is 1. The van der Waals surface area contributed by atoms with E-state index >= 15 is 4.39 Å². The Morgan fingerprint density at radius 2 is 1.97 bits per heavy atom. The number of hydrogen-bond acceptors (Lipinski definition) is 5. The SMILES string of the molecule is COCCCOC(c1cccc(F)c1-c1cccc(C)c1)C1CN(C(=O)OC(C)(C)C)CCO1. The third kappa shape index (κ3) is 7.01. The quantitative estimate of drug-likeness (QED) is 0.472. The highest BCUT2D eigenvalue weighted by Crippen LogP contribution is 2.36. The fourth-order valence-corrected chi connectivity index (χ4v) is 4.04. The summed E-state index contributed by atoms with van der Waals surface area (Å²) in [5.74, 6) is -0.326. The largest absolute Gasteiger partial charge is 0.444 e. The number of nitrogens with zero attached hydrogens (tertiary/aromatic N) is 1. The predicted octanol–water partition coefficient (Wildman–Crippen LogP) is 5.53. The maximum absolute atomic E-state index is 15.2. The van der Waals surface area contributed by atoms with E-state index in [1.165, 1.54) is 6.07 Å². The van der Waals surface area contributed by atoms with Crippen molar-refractivity contribution in [2.45, 2.75) is 51.9 Å². The summed E-state index contributed by atoms with van der Waals surface area (Å²) in [4.78, 5) is 14.4. The zero-order valence-electron chi connectivity index (χ0n) is 20.8. The van der Waals surface area contributed by atoms with Crippen molar-refractivity contribution < 1.29 is 28.1 Å². The molecule has 1 aliphatic rings. The second-order valence-electron chi connectivity index (χ2n) is 9.55. The van der Waals surface area contributed by atoms with E-state index in [0.29, 0.717) is 43.9 Å². The van der Waals surface area contributed by atoms with Crippen LogP contribution < -0.4 is 0 Å². The predicted molar refractivity (Wildman–Crippen MR) is 129 cm³/mol. The van der Waals surface area contributed by atoms with Crippen LogP contribution >= 0.6 is 0 Å². The van der Waals surface area contributed by atoms with Crippen molar-refractivity contribution in [3.05, 3.63) is 59.4 Å². The summed E-state index contributed by atoms with van der Waals surface area (Å²) < 4.78 is 38.3. The molecule has 0 spiro atoms. The van der Waals surface area contributed by atoms with Gasteiger partial charge in [0.1, 0.15) is 23.6 Å². The van der Waals surface area contributed by atoms with Crippen molar-refractivity contribution in [2.24, 2.45) is 0 Å². The van der Waals surface area contributed by atoms with Gasteiger partial charge in [-0.05, 0) is 51.3 Å². The third-order valence-corrected chi connectivity index (χ3v) is 5.53. The first-order chi connectivity index (χ1) is 16.2. The van der Waals surface area contributed by atoms with Crippen LogP contribution in [0.3, 0.4) is 0 Å². The van der Waals surface area contributed by atoms with Gasteiger partial charge in [0.2, 0.25) is 0 Å². The molecule has 0 aromatic heterocycles. The van der Waals surface area contributed by atoms with Crippen LogP contribution in [0.25, 0.3) is 11.1 Å². The highest BCUT2D eigenvalue weighted by molar-refractivity contribution is 5.70. The van der Waals surface area contributed by atoms with Gasteiger partial charge in [0.25, 0.3) is 0 Å². The molecule has 3 rings (SSSR count). The number of methoxy groups -OCH3 is 1. The number of halogens is 1. The number of rotatable bonds is 8. The molecule has 1 amide bonds. The summed E-state index contributed by atoms with van der Waals surface area (Å²) in [7, 11) is 1.64. The molecule has 6 nitrogen and oxygen atoms in total. The molecule has 2 aromatic carbocycles. The molecule has 1 aliphatic heterocycles. The zero-order chi connectivity index (χ0) is 24.7. The molecule has 34 heavy (non-hydrogen) atoms. The molecule has 0 aliphatic carbocycles. The van der Waals surface area contributed by atoms with Crippen LogP contribution in [0.5, 0.6) is 0 Å². The van der Waals surface area contributed by atoms with Crippen LogP contribution in [0.15, 0.2) is 42.5 Å². The van der Waals surface area contributed by atoms with Gasteiger partial charge in [-0.2, -0.15) is 0 Å². The van der Waals surface area contributed by atoms with E-state index < -0.39 is 23.9 Å². The highest BCUT2D eigenvalue weighted by Gasteiger charge is 2.35. The lowest BCUT2D eigenvalue weighted by molar-refractivity contribution is -0.114. The second-order valence-corrected chi connectivity index (χ2v) is 9.55. The average molecular weight is 474 g/mol. The van der Waals surface area contributed by atoms with Crippen molar-refractivity contribution >= 4 is 6.09 Å². The Labute approximate surface area is 201 Å². The average Bonchev–Trinajstić information content (AvgIpc) is 2.78. The minimum absolute atomic E-state index is 0.285. The fraction of sp³-hybridized carbons (Fsp3) is 0.519. The summed E-state index contributed by atoms with van der Waals surface area (Å²) in [6, 6.07) is 12.8. The molecule has 0 radical (unpaired) electrons. The zero-order valence-corrected chi connectivity index (χ0v) is 20.8. The number of benzene rings is 2. The first kappa shape index (κ1) is 26.1. The van der Waals surface area contributed by atoms with Gasteiger partial charge in [0.15, 0.2) is 0 Å². The summed E-state index contributed by atoms with van der Waals surface area (Å²) in [5.41, 5.74) is 2.40. The Bertz CT molecular complexity index is 958. The van der Waals surface area contributed by atoms with Gasteiger partial charge >= 0.3 is 6.09 Å². The van der Waals surface area contributed by atoms with Gasteiger partial charge in [-0.3, -0.25) is 0 Å². The van der Waals surface area contributed by atoms with Crippen LogP contribution in [0, 0.1) is 12.7 Å². The molecule has 1 fully saturated rings. The number of hydrogen-bond donors (Lipinski definition) is 0. The number of amides is 1. The maximum atomic E-state index is 15.2. The standard InChI is InChI=1S/C27H36FNO5/c1-19-9-6-10-20(17-19)24-21(11-7-12-22(24)28)25(33-15-8-14-31-5)23-18-29(13-16-32-23)26(30)34-27(2,3)4/h6-7,9-12,17,23,25H,8,13-16,18H2,1-5H3. The van der Waals surface area contributed by atoms with E-state index in [2.05, 4.69) is 0 Å². The summed E-state index contributed by atoms with van der Waals surface area (Å²) >= 11 is 0. The highest BCUT2D eigenvalue weighted by atomic mass is 19.1. The van der Waals surface area contributed by atoms with E-state index in [4.69, 9.17) is 18.9 Å². The fourth-order valence-electron chi connectivity index (χ4n) is 4.04. The van der Waals surface area contributed by atoms with E-state index in [1.54, 1.807) is 18.1 Å². The van der Waals surface area contributed by atoms with E-state index in [-0.39, 0.29) is 12.4 Å². The molecule has 2 aromatic rings. The van der Waals surface area contributed by atoms with Gasteiger partial charge in [-0.15, -0.1) is 0 Å². The normalized spacial score (nSPS) is 17.5. The Morgan fingerprint density at radius 3 is 2.68 bits per heavy atom. The van der Waals surface area contributed by atoms with Crippen LogP contribution in [-0.2, 0) is 18.9 Å². The van der Waals surface area contributed by atoms with Gasteiger partial charge in [-0.1, -0.05) is 42.0 Å². The lowest BCUT2D eigenvalue weighted by Gasteiger charge is -2.38. The molecule has 1 heterocycles. The van der Waals surface area contributed by atoms with Gasteiger partial charge in [-0.25, -0.2) is 9.18 Å². The van der Waals surface area contributed by atoms with Crippen molar-refractivity contribution in [1.82, 2.24) is 4.90 Å². The Hall–Kier alpha value is -2.48. The van der Waals surface area contributed by atoms with Crippen molar-refractivity contribution in [3.8, 4) is 11.1 Å². The molecule has 0 bridgehead atoms. The Morgan fingerprint density at radius 1 is 1.21 bits per heavy atom. The van der Waals surface area contributed by atoms with Gasteiger partial charge in [0.05, 0.1) is 13.2 Å². The minimum atomic E-state index is -0.595. The monoisotopic (exact) mass is 473 g/mol. The van der Waals surface area contributed by atoms with Crippen LogP contribution in [-0.4, -0.2) is 62.7 Å². The third-order valence-electron chi connectivity index (χ3n) is 5.53. The maximum Gasteiger partial charge on any atom is 0.410 e. The molecule has 186 valence electrons. The molecule has 0 N–H and O–H groups in total. The van der Waals surface area contributed by atoms with E-state index in [0.717, 1.165) is 11.1 Å². The number of ether oxygens (including phenoxy) is 4. The second kappa shape index (κ2) is 11.8. The number of carbonyl (C=O) groups is 1. The molecular formula is C27H36FNO5. The van der Waals surface area contributed by atoms with Crippen molar-refractivity contribution in [3.63, 3.8) is 0 Å². The Kier molecular flexibility index (Phi) is 9.05. The first-order valence-electron chi connectivity index (χ1n) is 11.7.